The van der Waals surface area contributed by atoms with E-state index >= 15 is 0 Å². The molecule has 6 nitrogen and oxygen atoms in total. The molecule has 0 bridgehead atoms. The van der Waals surface area contributed by atoms with Crippen LogP contribution in [0.3, 0.4) is 0 Å². The van der Waals surface area contributed by atoms with Gasteiger partial charge in [0.1, 0.15) is 17.6 Å². The molecule has 2 aromatic heterocycles. The minimum atomic E-state index is -4.44. The molecule has 1 saturated heterocycles. The first-order valence-corrected chi connectivity index (χ1v) is 12.6. The molecule has 1 aliphatic heterocycles. The lowest BCUT2D eigenvalue weighted by molar-refractivity contribution is -0.128. The number of hydrogen-bond acceptors (Lipinski definition) is 5. The maximum atomic E-state index is 14.6. The molecule has 0 amide bonds. The zero-order valence-corrected chi connectivity index (χ0v) is 22.0. The molecule has 2 atom stereocenters. The first-order chi connectivity index (χ1) is 18.1. The predicted molar refractivity (Wildman–Crippen MR) is 142 cm³/mol. The van der Waals surface area contributed by atoms with Gasteiger partial charge in [-0.05, 0) is 49.1 Å². The molecule has 1 fully saturated rings. The van der Waals surface area contributed by atoms with Crippen LogP contribution in [-0.2, 0) is 6.42 Å². The number of ether oxygens (including phenoxy) is 1. The van der Waals surface area contributed by atoms with Crippen molar-refractivity contribution in [2.24, 2.45) is 0 Å². The van der Waals surface area contributed by atoms with Crippen LogP contribution in [0.15, 0.2) is 36.5 Å². The van der Waals surface area contributed by atoms with Crippen LogP contribution in [0.5, 0.6) is 5.75 Å². The van der Waals surface area contributed by atoms with Gasteiger partial charge in [0.05, 0.1) is 37.5 Å². The lowest BCUT2D eigenvalue weighted by atomic mass is 10.0. The first kappa shape index (κ1) is 27.6. The average molecular weight is 532 g/mol. The monoisotopic (exact) mass is 531 g/mol. The van der Waals surface area contributed by atoms with Crippen molar-refractivity contribution >= 4 is 17.0 Å². The Labute approximate surface area is 220 Å². The summed E-state index contributed by atoms with van der Waals surface area (Å²) in [5.74, 6) is 6.77. The number of halogens is 4. The predicted octanol–water partition coefficient (Wildman–Crippen LogP) is 5.49. The molecule has 4 rings (SSSR count). The van der Waals surface area contributed by atoms with Crippen LogP contribution in [0.1, 0.15) is 43.1 Å². The number of alkyl halides is 4. The summed E-state index contributed by atoms with van der Waals surface area (Å²) in [6.07, 6.45) is -4.61. The third kappa shape index (κ3) is 6.51. The van der Waals surface area contributed by atoms with Crippen molar-refractivity contribution in [2.45, 2.75) is 51.0 Å². The van der Waals surface area contributed by atoms with E-state index in [1.54, 1.807) is 19.2 Å². The fourth-order valence-corrected chi connectivity index (χ4v) is 4.68. The molecule has 10 heteroatoms. The molecule has 1 aromatic carbocycles. The highest BCUT2D eigenvalue weighted by molar-refractivity contribution is 5.70. The van der Waals surface area contributed by atoms with E-state index in [0.29, 0.717) is 30.2 Å². The average Bonchev–Trinajstić information content (AvgIpc) is 3.19. The third-order valence-electron chi connectivity index (χ3n) is 6.65. The Morgan fingerprint density at radius 2 is 2.03 bits per heavy atom. The molecule has 0 aliphatic carbocycles. The van der Waals surface area contributed by atoms with Gasteiger partial charge in [-0.1, -0.05) is 25.8 Å². The van der Waals surface area contributed by atoms with E-state index in [1.807, 2.05) is 30.1 Å². The topological polar surface area (TPSA) is 53.8 Å². The number of benzene rings is 1. The zero-order valence-electron chi connectivity index (χ0n) is 22.0. The van der Waals surface area contributed by atoms with Crippen LogP contribution in [0, 0.1) is 11.8 Å². The molecule has 1 aliphatic rings. The molecule has 0 radical (unpaired) electrons. The van der Waals surface area contributed by atoms with Crippen LogP contribution >= 0.6 is 0 Å². The Morgan fingerprint density at radius 3 is 2.71 bits per heavy atom. The van der Waals surface area contributed by atoms with E-state index in [9.17, 15) is 17.6 Å². The summed E-state index contributed by atoms with van der Waals surface area (Å²) < 4.78 is 61.9. The summed E-state index contributed by atoms with van der Waals surface area (Å²) in [5, 5.41) is 6.33. The number of likely N-dealkylation sites (tertiary alicyclic amines) is 1. The minimum absolute atomic E-state index is 0.0475. The van der Waals surface area contributed by atoms with Gasteiger partial charge >= 0.3 is 6.18 Å². The van der Waals surface area contributed by atoms with Gasteiger partial charge in [-0.25, -0.2) is 9.37 Å². The summed E-state index contributed by atoms with van der Waals surface area (Å²) in [7, 11) is 3.47. The van der Waals surface area contributed by atoms with Crippen molar-refractivity contribution in [2.75, 3.05) is 44.4 Å². The number of methoxy groups -OCH3 is 1. The molecular weight excluding hydrogens is 498 g/mol. The highest BCUT2D eigenvalue weighted by atomic mass is 19.4. The first-order valence-electron chi connectivity index (χ1n) is 12.6. The molecule has 2 unspecified atom stereocenters. The Hall–Kier alpha value is -3.45. The van der Waals surface area contributed by atoms with Crippen molar-refractivity contribution < 1.29 is 22.3 Å². The Bertz CT molecular complexity index is 1320. The summed E-state index contributed by atoms with van der Waals surface area (Å²) in [6.45, 7) is 5.38. The fourth-order valence-electron chi connectivity index (χ4n) is 4.68. The number of anilines is 2. The highest BCUT2D eigenvalue weighted by Crippen LogP contribution is 2.30. The number of nitrogens with zero attached hydrogens (tertiary/aromatic N) is 3. The van der Waals surface area contributed by atoms with Crippen LogP contribution in [0.2, 0.25) is 0 Å². The van der Waals surface area contributed by atoms with Gasteiger partial charge < -0.3 is 24.7 Å². The normalized spacial score (nSPS) is 18.3. The minimum Gasteiger partial charge on any atom is -0.496 e. The number of rotatable bonds is 7. The lowest BCUT2D eigenvalue weighted by Gasteiger charge is -2.33. The molecule has 38 heavy (non-hydrogen) atoms. The van der Waals surface area contributed by atoms with Crippen LogP contribution in [0.25, 0.3) is 5.65 Å². The second-order valence-electron chi connectivity index (χ2n) is 9.90. The van der Waals surface area contributed by atoms with Gasteiger partial charge in [-0.15, -0.1) is 0 Å². The van der Waals surface area contributed by atoms with Crippen molar-refractivity contribution in [3.63, 3.8) is 0 Å². The number of aromatic nitrogens is 2. The number of piperidine rings is 1. The van der Waals surface area contributed by atoms with Crippen molar-refractivity contribution in [3.05, 3.63) is 53.5 Å². The molecule has 204 valence electrons. The molecule has 0 saturated carbocycles. The fraction of sp³-hybridized carbons (Fsp3) is 0.464. The van der Waals surface area contributed by atoms with Crippen molar-refractivity contribution in [3.8, 4) is 17.6 Å². The highest BCUT2D eigenvalue weighted by Gasteiger charge is 2.32. The largest absolute Gasteiger partial charge is 0.496 e. The number of imidazole rings is 1. The Kier molecular flexibility index (Phi) is 8.36. The second kappa shape index (κ2) is 11.5. The maximum Gasteiger partial charge on any atom is 0.394 e. The Morgan fingerprint density at radius 1 is 1.24 bits per heavy atom. The molecule has 3 aromatic rings. The number of pyridine rings is 1. The summed E-state index contributed by atoms with van der Waals surface area (Å²) in [4.78, 5) is 6.36. The Balaban J connectivity index is 1.59. The van der Waals surface area contributed by atoms with Crippen LogP contribution < -0.4 is 15.4 Å². The van der Waals surface area contributed by atoms with E-state index in [4.69, 9.17) is 4.74 Å². The number of nitrogens with one attached hydrogen (secondary N) is 2. The van der Waals surface area contributed by atoms with Crippen LogP contribution in [-0.4, -0.2) is 66.5 Å². The maximum absolute atomic E-state index is 14.6. The van der Waals surface area contributed by atoms with Gasteiger partial charge in [0.25, 0.3) is 0 Å². The van der Waals surface area contributed by atoms with Gasteiger partial charge in [0.15, 0.2) is 5.65 Å². The van der Waals surface area contributed by atoms with Gasteiger partial charge in [-0.2, -0.15) is 13.2 Å². The molecule has 3 heterocycles. The summed E-state index contributed by atoms with van der Waals surface area (Å²) >= 11 is 0. The standard InChI is InChI=1S/C28H33F4N5O/c1-18(2)20-10-9-19(15-26(20)38-4)33-12-5-7-23-25(16-28(30,31)32)37-13-6-8-24(27(37)35-23)34-22-11-14-36(3)17-21(22)29/h6,8-10,13,15,18,21-22,33-34H,11-12,14,16-17H2,1-4H3. The van der Waals surface area contributed by atoms with E-state index in [0.717, 1.165) is 23.5 Å². The lowest BCUT2D eigenvalue weighted by Crippen LogP contribution is -2.46. The quantitative estimate of drug-likeness (QED) is 0.312. The van der Waals surface area contributed by atoms with E-state index in [2.05, 4.69) is 41.3 Å². The zero-order chi connectivity index (χ0) is 27.4. The molecular formula is C28H33F4N5O. The SMILES string of the molecule is COc1cc(NCC#Cc2nc3c(NC4CCN(C)CC4F)cccn3c2CC(F)(F)F)ccc1C(C)C. The van der Waals surface area contributed by atoms with Gasteiger partial charge in [-0.3, -0.25) is 0 Å². The third-order valence-corrected chi connectivity index (χ3v) is 6.65. The summed E-state index contributed by atoms with van der Waals surface area (Å²) in [5.41, 5.74) is 2.64. The smallest absolute Gasteiger partial charge is 0.394 e. The molecule has 2 N–H and O–H groups in total. The molecule has 0 spiro atoms. The number of fused-ring (bicyclic) bond motifs is 1. The van der Waals surface area contributed by atoms with E-state index < -0.39 is 24.8 Å². The van der Waals surface area contributed by atoms with E-state index in [1.165, 1.54) is 10.6 Å². The second-order valence-corrected chi connectivity index (χ2v) is 9.90. The van der Waals surface area contributed by atoms with Gasteiger partial charge in [0, 0.05) is 31.0 Å². The van der Waals surface area contributed by atoms with Crippen LogP contribution in [0.4, 0.5) is 28.9 Å². The van der Waals surface area contributed by atoms with E-state index in [-0.39, 0.29) is 17.9 Å². The van der Waals surface area contributed by atoms with Crippen molar-refractivity contribution in [1.29, 1.82) is 0 Å². The van der Waals surface area contributed by atoms with Gasteiger partial charge in [0.2, 0.25) is 0 Å². The summed E-state index contributed by atoms with van der Waals surface area (Å²) in [6, 6.07) is 8.65. The van der Waals surface area contributed by atoms with Crippen molar-refractivity contribution in [1.82, 2.24) is 14.3 Å². The number of hydrogen-bond donors (Lipinski definition) is 2.